The zero-order valence-electron chi connectivity index (χ0n) is 22.1. The van der Waals surface area contributed by atoms with Crippen molar-refractivity contribution in [1.82, 2.24) is 10.2 Å². The van der Waals surface area contributed by atoms with Crippen LogP contribution in [0.1, 0.15) is 43.2 Å². The molecule has 1 fully saturated rings. The van der Waals surface area contributed by atoms with Crippen LogP contribution in [0.2, 0.25) is 0 Å². The van der Waals surface area contributed by atoms with E-state index in [-0.39, 0.29) is 49.3 Å². The quantitative estimate of drug-likeness (QED) is 0.397. The number of rotatable bonds is 8. The molecule has 0 spiro atoms. The molecule has 2 aromatic rings. The van der Waals surface area contributed by atoms with Crippen LogP contribution in [0.15, 0.2) is 66.7 Å². The molecule has 0 aliphatic carbocycles. The first-order chi connectivity index (χ1) is 18.9. The number of benzene rings is 2. The fourth-order valence-corrected chi connectivity index (χ4v) is 5.36. The Morgan fingerprint density at radius 2 is 1.74 bits per heavy atom. The summed E-state index contributed by atoms with van der Waals surface area (Å²) in [5.74, 6) is -2.02. The standard InChI is InChI=1S/C31H37FN2O5/c32-26-14-12-23(13-15-26)17-25-10-5-4-9-24(30(37)34-16-6-11-28(34)21-39-31(25)38)19-29(36)33-27(20-35)18-22-7-2-1-3-8-22/h1-5,7-8,12-15,24-25,27-28,35H,6,9-11,16-21H2,(H,33,36)/b5-4-/t24-,25-,27-,28+/m0/s1. The molecule has 0 radical (unpaired) electrons. The van der Waals surface area contributed by atoms with Gasteiger partial charge in [0.2, 0.25) is 11.8 Å². The highest BCUT2D eigenvalue weighted by Gasteiger charge is 2.35. The Labute approximate surface area is 229 Å². The summed E-state index contributed by atoms with van der Waals surface area (Å²) in [4.78, 5) is 41.2. The molecule has 2 N–H and O–H groups in total. The molecule has 4 rings (SSSR count). The minimum atomic E-state index is -0.552. The van der Waals surface area contributed by atoms with Gasteiger partial charge in [0, 0.05) is 13.0 Å². The number of fused-ring (bicyclic) bond motifs is 1. The topological polar surface area (TPSA) is 95.9 Å². The van der Waals surface area contributed by atoms with E-state index in [4.69, 9.17) is 4.74 Å². The zero-order chi connectivity index (χ0) is 27.6. The molecule has 0 saturated carbocycles. The maximum atomic E-state index is 13.5. The van der Waals surface area contributed by atoms with Gasteiger partial charge in [-0.15, -0.1) is 0 Å². The monoisotopic (exact) mass is 536 g/mol. The third kappa shape index (κ3) is 8.23. The van der Waals surface area contributed by atoms with E-state index in [9.17, 15) is 23.9 Å². The molecule has 208 valence electrons. The van der Waals surface area contributed by atoms with Crippen molar-refractivity contribution < 1.29 is 28.6 Å². The van der Waals surface area contributed by atoms with E-state index in [2.05, 4.69) is 5.32 Å². The summed E-state index contributed by atoms with van der Waals surface area (Å²) in [5.41, 5.74) is 1.85. The smallest absolute Gasteiger partial charge is 0.309 e. The second-order valence-corrected chi connectivity index (χ2v) is 10.5. The van der Waals surface area contributed by atoms with E-state index in [0.717, 1.165) is 24.0 Å². The van der Waals surface area contributed by atoms with Crippen LogP contribution in [0.4, 0.5) is 4.39 Å². The molecule has 2 aliphatic rings. The molecule has 2 amide bonds. The number of nitrogens with one attached hydrogen (secondary N) is 1. The van der Waals surface area contributed by atoms with Crippen LogP contribution >= 0.6 is 0 Å². The number of ether oxygens (including phenoxy) is 1. The highest BCUT2D eigenvalue weighted by Crippen LogP contribution is 2.25. The first-order valence-electron chi connectivity index (χ1n) is 13.7. The van der Waals surface area contributed by atoms with Gasteiger partial charge in [0.05, 0.1) is 30.5 Å². The number of allylic oxidation sites excluding steroid dienone is 2. The molecule has 8 heteroatoms. The summed E-state index contributed by atoms with van der Waals surface area (Å²) in [6.45, 7) is 0.486. The summed E-state index contributed by atoms with van der Waals surface area (Å²) in [7, 11) is 0. The number of carbonyl (C=O) groups is 3. The van der Waals surface area contributed by atoms with Crippen molar-refractivity contribution in [2.75, 3.05) is 19.8 Å². The molecular formula is C31H37FN2O5. The van der Waals surface area contributed by atoms with E-state index < -0.39 is 17.9 Å². The molecule has 0 aromatic heterocycles. The van der Waals surface area contributed by atoms with Crippen LogP contribution in [0.25, 0.3) is 0 Å². The fourth-order valence-electron chi connectivity index (χ4n) is 5.36. The second-order valence-electron chi connectivity index (χ2n) is 10.5. The summed E-state index contributed by atoms with van der Waals surface area (Å²) in [6.07, 6.45) is 6.99. The van der Waals surface area contributed by atoms with E-state index in [1.54, 1.807) is 17.0 Å². The van der Waals surface area contributed by atoms with Gasteiger partial charge in [0.1, 0.15) is 12.4 Å². The van der Waals surface area contributed by atoms with Crippen molar-refractivity contribution in [2.45, 2.75) is 57.0 Å². The fraction of sp³-hybridized carbons (Fsp3) is 0.452. The van der Waals surface area contributed by atoms with Crippen LogP contribution in [0.5, 0.6) is 0 Å². The maximum Gasteiger partial charge on any atom is 0.309 e. The lowest BCUT2D eigenvalue weighted by atomic mass is 9.94. The van der Waals surface area contributed by atoms with Gasteiger partial charge in [-0.1, -0.05) is 54.6 Å². The molecule has 7 nitrogen and oxygen atoms in total. The zero-order valence-corrected chi connectivity index (χ0v) is 22.1. The predicted octanol–water partition coefficient (Wildman–Crippen LogP) is 3.59. The average Bonchev–Trinajstić information content (AvgIpc) is 3.41. The number of halogens is 1. The normalized spacial score (nSPS) is 23.6. The number of esters is 1. The van der Waals surface area contributed by atoms with Gasteiger partial charge in [-0.3, -0.25) is 14.4 Å². The Balaban J connectivity index is 1.44. The molecule has 4 atom stereocenters. The van der Waals surface area contributed by atoms with Crippen LogP contribution in [-0.2, 0) is 32.0 Å². The Kier molecular flexibility index (Phi) is 10.3. The van der Waals surface area contributed by atoms with Crippen molar-refractivity contribution in [1.29, 1.82) is 0 Å². The van der Waals surface area contributed by atoms with Crippen LogP contribution in [0, 0.1) is 17.7 Å². The van der Waals surface area contributed by atoms with E-state index in [1.807, 2.05) is 42.5 Å². The lowest BCUT2D eigenvalue weighted by Crippen LogP contribution is -2.45. The minimum absolute atomic E-state index is 0.0104. The average molecular weight is 537 g/mol. The van der Waals surface area contributed by atoms with Crippen LogP contribution in [0.3, 0.4) is 0 Å². The number of hydrogen-bond acceptors (Lipinski definition) is 5. The molecule has 0 bridgehead atoms. The third-order valence-corrected chi connectivity index (χ3v) is 7.51. The molecular weight excluding hydrogens is 499 g/mol. The van der Waals surface area contributed by atoms with Gasteiger partial charge in [0.25, 0.3) is 0 Å². The van der Waals surface area contributed by atoms with Gasteiger partial charge in [-0.05, 0) is 61.8 Å². The number of hydrogen-bond donors (Lipinski definition) is 2. The third-order valence-electron chi connectivity index (χ3n) is 7.51. The lowest BCUT2D eigenvalue weighted by Gasteiger charge is -2.29. The SMILES string of the molecule is O=C(C[C@@H]1C/C=C\C[C@@H](Cc2ccc(F)cc2)C(=O)OC[C@H]2CCCN2C1=O)N[C@H](CO)Cc1ccccc1. The van der Waals surface area contributed by atoms with Crippen LogP contribution in [-0.4, -0.2) is 59.6 Å². The van der Waals surface area contributed by atoms with Gasteiger partial charge in [0.15, 0.2) is 0 Å². The van der Waals surface area contributed by atoms with Crippen molar-refractivity contribution >= 4 is 17.8 Å². The Morgan fingerprint density at radius 3 is 2.46 bits per heavy atom. The Hall–Kier alpha value is -3.52. The van der Waals surface area contributed by atoms with E-state index >= 15 is 0 Å². The summed E-state index contributed by atoms with van der Waals surface area (Å²) in [5, 5.41) is 12.7. The van der Waals surface area contributed by atoms with Gasteiger partial charge in [-0.2, -0.15) is 0 Å². The van der Waals surface area contributed by atoms with Crippen molar-refractivity contribution in [3.8, 4) is 0 Å². The summed E-state index contributed by atoms with van der Waals surface area (Å²) < 4.78 is 19.0. The second kappa shape index (κ2) is 14.0. The maximum absolute atomic E-state index is 13.5. The molecule has 2 aromatic carbocycles. The number of cyclic esters (lactones) is 1. The van der Waals surface area contributed by atoms with Gasteiger partial charge < -0.3 is 20.1 Å². The van der Waals surface area contributed by atoms with Crippen LogP contribution < -0.4 is 5.32 Å². The molecule has 2 aliphatic heterocycles. The largest absolute Gasteiger partial charge is 0.463 e. The predicted molar refractivity (Wildman–Crippen MR) is 145 cm³/mol. The number of amides is 2. The Bertz CT molecular complexity index is 1140. The molecule has 1 saturated heterocycles. The summed E-state index contributed by atoms with van der Waals surface area (Å²) >= 11 is 0. The first-order valence-corrected chi connectivity index (χ1v) is 13.7. The van der Waals surface area contributed by atoms with Crippen molar-refractivity contribution in [3.63, 3.8) is 0 Å². The number of nitrogens with zero attached hydrogens (tertiary/aromatic N) is 1. The number of aliphatic hydroxyl groups excluding tert-OH is 1. The van der Waals surface area contributed by atoms with Crippen molar-refractivity contribution in [3.05, 3.63) is 83.7 Å². The van der Waals surface area contributed by atoms with Crippen molar-refractivity contribution in [2.24, 2.45) is 11.8 Å². The number of aliphatic hydroxyl groups is 1. The highest BCUT2D eigenvalue weighted by atomic mass is 19.1. The minimum Gasteiger partial charge on any atom is -0.463 e. The van der Waals surface area contributed by atoms with Gasteiger partial charge >= 0.3 is 5.97 Å². The summed E-state index contributed by atoms with van der Waals surface area (Å²) in [6, 6.07) is 15.1. The first kappa shape index (κ1) is 28.5. The number of carbonyl (C=O) groups excluding carboxylic acids is 3. The molecule has 39 heavy (non-hydrogen) atoms. The Morgan fingerprint density at radius 1 is 1.03 bits per heavy atom. The molecule has 0 unspecified atom stereocenters. The lowest BCUT2D eigenvalue weighted by molar-refractivity contribution is -0.152. The van der Waals surface area contributed by atoms with Gasteiger partial charge in [-0.25, -0.2) is 4.39 Å². The molecule has 2 heterocycles. The highest BCUT2D eigenvalue weighted by molar-refractivity contribution is 5.86. The van der Waals surface area contributed by atoms with E-state index in [0.29, 0.717) is 32.2 Å². The van der Waals surface area contributed by atoms with E-state index in [1.165, 1.54) is 12.1 Å².